The molecule has 3 nitrogen and oxygen atoms in total. The smallest absolute Gasteiger partial charge is 0.183 e. The predicted molar refractivity (Wildman–Crippen MR) is 74.5 cm³/mol. The van der Waals surface area contributed by atoms with Crippen molar-refractivity contribution >= 4 is 9.84 Å². The van der Waals surface area contributed by atoms with Gasteiger partial charge in [-0.05, 0) is 29.8 Å². The highest BCUT2D eigenvalue weighted by molar-refractivity contribution is 7.92. The third-order valence-electron chi connectivity index (χ3n) is 3.67. The average Bonchev–Trinajstić information content (AvgIpc) is 3.12. The lowest BCUT2D eigenvalue weighted by atomic mass is 10.1. The maximum Gasteiger partial charge on any atom is 0.183 e. The summed E-state index contributed by atoms with van der Waals surface area (Å²) in [6, 6.07) is 13.7. The van der Waals surface area contributed by atoms with Crippen molar-refractivity contribution in [2.24, 2.45) is 5.73 Å². The number of hydrogen-bond donors (Lipinski definition) is 1. The van der Waals surface area contributed by atoms with E-state index in [1.807, 2.05) is 0 Å². The molecular formula is C15H14FNO2S. The van der Waals surface area contributed by atoms with Crippen LogP contribution in [0.1, 0.15) is 11.5 Å². The summed E-state index contributed by atoms with van der Waals surface area (Å²) >= 11 is 0. The van der Waals surface area contributed by atoms with Crippen molar-refractivity contribution < 1.29 is 12.8 Å². The first-order chi connectivity index (χ1) is 9.51. The second-order valence-corrected chi connectivity index (χ2v) is 7.09. The van der Waals surface area contributed by atoms with Crippen LogP contribution in [0.3, 0.4) is 0 Å². The number of sulfone groups is 1. The molecule has 1 saturated carbocycles. The Balaban J connectivity index is 1.94. The Morgan fingerprint density at radius 1 is 1.00 bits per heavy atom. The van der Waals surface area contributed by atoms with Crippen LogP contribution in [0.25, 0.3) is 0 Å². The van der Waals surface area contributed by atoms with Gasteiger partial charge in [-0.1, -0.05) is 30.3 Å². The van der Waals surface area contributed by atoms with Gasteiger partial charge in [0, 0.05) is 12.0 Å². The molecule has 1 aliphatic carbocycles. The summed E-state index contributed by atoms with van der Waals surface area (Å²) in [6.07, 6.45) is 0. The van der Waals surface area contributed by atoms with E-state index in [0.29, 0.717) is 5.56 Å². The van der Waals surface area contributed by atoms with Crippen molar-refractivity contribution in [3.05, 3.63) is 66.0 Å². The lowest BCUT2D eigenvalue weighted by molar-refractivity contribution is 0.593. The quantitative estimate of drug-likeness (QED) is 0.942. The fourth-order valence-electron chi connectivity index (χ4n) is 2.60. The van der Waals surface area contributed by atoms with Gasteiger partial charge in [0.1, 0.15) is 5.82 Å². The van der Waals surface area contributed by atoms with E-state index in [1.165, 1.54) is 12.1 Å². The minimum absolute atomic E-state index is 0.263. The van der Waals surface area contributed by atoms with E-state index < -0.39 is 21.1 Å². The van der Waals surface area contributed by atoms with Crippen molar-refractivity contribution in [3.8, 4) is 0 Å². The van der Waals surface area contributed by atoms with E-state index in [1.54, 1.807) is 42.5 Å². The Morgan fingerprint density at radius 2 is 1.70 bits per heavy atom. The van der Waals surface area contributed by atoms with Crippen molar-refractivity contribution in [3.63, 3.8) is 0 Å². The Morgan fingerprint density at radius 3 is 2.35 bits per heavy atom. The molecule has 2 aromatic rings. The first-order valence-corrected chi connectivity index (χ1v) is 7.86. The second kappa shape index (κ2) is 4.68. The lowest BCUT2D eigenvalue weighted by Gasteiger charge is -2.03. The summed E-state index contributed by atoms with van der Waals surface area (Å²) < 4.78 is 38.2. The van der Waals surface area contributed by atoms with Crippen molar-refractivity contribution in [1.82, 2.24) is 0 Å². The first kappa shape index (κ1) is 13.3. The fourth-order valence-corrected chi connectivity index (χ4v) is 4.67. The molecule has 1 aliphatic rings. The molecule has 5 heteroatoms. The van der Waals surface area contributed by atoms with E-state index >= 15 is 0 Å². The van der Waals surface area contributed by atoms with Gasteiger partial charge in [-0.25, -0.2) is 12.8 Å². The highest BCUT2D eigenvalue weighted by Gasteiger charge is 2.57. The molecule has 0 heterocycles. The van der Waals surface area contributed by atoms with Gasteiger partial charge in [0.05, 0.1) is 10.1 Å². The zero-order valence-electron chi connectivity index (χ0n) is 10.6. The van der Waals surface area contributed by atoms with Crippen molar-refractivity contribution in [2.45, 2.75) is 22.1 Å². The highest BCUT2D eigenvalue weighted by Crippen LogP contribution is 2.47. The molecule has 3 atom stereocenters. The molecule has 0 unspecified atom stereocenters. The molecule has 2 N–H and O–H groups in total. The zero-order valence-corrected chi connectivity index (χ0v) is 11.4. The van der Waals surface area contributed by atoms with Gasteiger partial charge < -0.3 is 5.73 Å². The summed E-state index contributed by atoms with van der Waals surface area (Å²) in [4.78, 5) is 0.263. The largest absolute Gasteiger partial charge is 0.326 e. The van der Waals surface area contributed by atoms with Crippen LogP contribution in [0.15, 0.2) is 59.5 Å². The number of hydrogen-bond acceptors (Lipinski definition) is 3. The summed E-state index contributed by atoms with van der Waals surface area (Å²) in [5.41, 5.74) is 6.56. The SMILES string of the molecule is N[C@H]1[C@H](c2cccc(F)c2)[C@@H]1S(=O)(=O)c1ccccc1. The molecular weight excluding hydrogens is 277 g/mol. The maximum absolute atomic E-state index is 13.2. The van der Waals surface area contributed by atoms with Crippen LogP contribution in [0.5, 0.6) is 0 Å². The van der Waals surface area contributed by atoms with E-state index in [9.17, 15) is 12.8 Å². The molecule has 0 aromatic heterocycles. The topological polar surface area (TPSA) is 60.2 Å². The standard InChI is InChI=1S/C15H14FNO2S/c16-11-6-4-5-10(9-11)13-14(17)15(13)20(18,19)12-7-2-1-3-8-12/h1-9,13-15H,17H2/t13-,14-,15-/m0/s1. The van der Waals surface area contributed by atoms with Crippen LogP contribution < -0.4 is 5.73 Å². The van der Waals surface area contributed by atoms with Crippen LogP contribution in [0.4, 0.5) is 4.39 Å². The summed E-state index contributed by atoms with van der Waals surface area (Å²) in [6.45, 7) is 0. The first-order valence-electron chi connectivity index (χ1n) is 6.32. The van der Waals surface area contributed by atoms with Gasteiger partial charge >= 0.3 is 0 Å². The minimum Gasteiger partial charge on any atom is -0.326 e. The van der Waals surface area contributed by atoms with Gasteiger partial charge in [-0.15, -0.1) is 0 Å². The van der Waals surface area contributed by atoms with Crippen LogP contribution in [0.2, 0.25) is 0 Å². The van der Waals surface area contributed by atoms with Gasteiger partial charge in [-0.2, -0.15) is 0 Å². The molecule has 104 valence electrons. The number of rotatable bonds is 3. The Labute approximate surface area is 117 Å². The number of halogens is 1. The lowest BCUT2D eigenvalue weighted by Crippen LogP contribution is -2.15. The molecule has 0 bridgehead atoms. The molecule has 0 saturated heterocycles. The van der Waals surface area contributed by atoms with Crippen LogP contribution >= 0.6 is 0 Å². The average molecular weight is 291 g/mol. The Bertz CT molecular complexity index is 731. The maximum atomic E-state index is 13.2. The van der Waals surface area contributed by atoms with Crippen LogP contribution in [0, 0.1) is 5.82 Å². The van der Waals surface area contributed by atoms with Crippen LogP contribution in [-0.2, 0) is 9.84 Å². The van der Waals surface area contributed by atoms with Gasteiger partial charge in [0.2, 0.25) is 0 Å². The van der Waals surface area contributed by atoms with Gasteiger partial charge in [0.25, 0.3) is 0 Å². The molecule has 1 fully saturated rings. The third-order valence-corrected chi connectivity index (χ3v) is 5.92. The zero-order chi connectivity index (χ0) is 14.3. The van der Waals surface area contributed by atoms with Crippen LogP contribution in [-0.4, -0.2) is 19.7 Å². The van der Waals surface area contributed by atoms with Crippen molar-refractivity contribution in [1.29, 1.82) is 0 Å². The molecule has 0 radical (unpaired) electrons. The number of benzene rings is 2. The van der Waals surface area contributed by atoms with E-state index in [0.717, 1.165) is 0 Å². The monoisotopic (exact) mass is 291 g/mol. The molecule has 0 aliphatic heterocycles. The highest BCUT2D eigenvalue weighted by atomic mass is 32.2. The molecule has 0 spiro atoms. The van der Waals surface area contributed by atoms with E-state index in [4.69, 9.17) is 5.73 Å². The van der Waals surface area contributed by atoms with Gasteiger partial charge in [-0.3, -0.25) is 0 Å². The second-order valence-electron chi connectivity index (χ2n) is 4.98. The predicted octanol–water partition coefficient (Wildman–Crippen LogP) is 2.09. The third kappa shape index (κ3) is 2.13. The molecule has 20 heavy (non-hydrogen) atoms. The Hall–Kier alpha value is -1.72. The molecule has 3 rings (SSSR count). The minimum atomic E-state index is -3.47. The summed E-state index contributed by atoms with van der Waals surface area (Å²) in [5, 5.41) is -0.674. The fraction of sp³-hybridized carbons (Fsp3) is 0.200. The molecule has 2 aromatic carbocycles. The summed E-state index contributed by atoms with van der Waals surface area (Å²) in [5.74, 6) is -0.714. The number of nitrogens with two attached hydrogens (primary N) is 1. The van der Waals surface area contributed by atoms with E-state index in [2.05, 4.69) is 0 Å². The molecule has 0 amide bonds. The normalized spacial score (nSPS) is 25.4. The van der Waals surface area contributed by atoms with E-state index in [-0.39, 0.29) is 16.6 Å². The van der Waals surface area contributed by atoms with Gasteiger partial charge in [0.15, 0.2) is 9.84 Å². The Kier molecular flexibility index (Phi) is 3.11. The van der Waals surface area contributed by atoms with Crippen molar-refractivity contribution in [2.75, 3.05) is 0 Å². The summed E-state index contributed by atoms with van der Waals surface area (Å²) in [7, 11) is -3.47.